The van der Waals surface area contributed by atoms with Crippen LogP contribution in [0.5, 0.6) is 0 Å². The number of pyridine rings is 1. The lowest BCUT2D eigenvalue weighted by Crippen LogP contribution is -1.97. The van der Waals surface area contributed by atoms with E-state index in [0.717, 1.165) is 22.4 Å². The molecule has 90 valence electrons. The number of aryl methyl sites for hydroxylation is 1. The summed E-state index contributed by atoms with van der Waals surface area (Å²) in [6, 6.07) is 9.59. The minimum atomic E-state index is 0.678. The lowest BCUT2D eigenvalue weighted by molar-refractivity contribution is 0.771. The quantitative estimate of drug-likeness (QED) is 0.673. The zero-order valence-corrected chi connectivity index (χ0v) is 9.96. The first kappa shape index (κ1) is 10.6. The van der Waals surface area contributed by atoms with Gasteiger partial charge in [-0.3, -0.25) is 9.67 Å². The second-order valence-electron chi connectivity index (χ2n) is 4.10. The van der Waals surface area contributed by atoms with E-state index >= 15 is 0 Å². The van der Waals surface area contributed by atoms with Crippen molar-refractivity contribution in [3.63, 3.8) is 0 Å². The van der Waals surface area contributed by atoms with Gasteiger partial charge >= 0.3 is 0 Å². The number of nitrogens with two attached hydrogens (primary N) is 1. The van der Waals surface area contributed by atoms with E-state index in [1.165, 1.54) is 0 Å². The van der Waals surface area contributed by atoms with Gasteiger partial charge in [-0.05, 0) is 24.3 Å². The molecule has 0 bridgehead atoms. The minimum Gasteiger partial charge on any atom is -0.397 e. The summed E-state index contributed by atoms with van der Waals surface area (Å²) in [6.45, 7) is 0. The smallest absolute Gasteiger partial charge is 0.152 e. The van der Waals surface area contributed by atoms with Crippen molar-refractivity contribution in [2.24, 2.45) is 7.05 Å². The molecule has 5 heteroatoms. The molecular formula is C13H13N5. The van der Waals surface area contributed by atoms with Crippen LogP contribution in [-0.2, 0) is 7.05 Å². The Morgan fingerprint density at radius 3 is 2.89 bits per heavy atom. The molecular weight excluding hydrogens is 226 g/mol. The van der Waals surface area contributed by atoms with E-state index in [0.29, 0.717) is 5.69 Å². The first-order chi connectivity index (χ1) is 8.74. The van der Waals surface area contributed by atoms with Crippen molar-refractivity contribution in [1.82, 2.24) is 14.8 Å². The molecule has 18 heavy (non-hydrogen) atoms. The molecule has 0 saturated heterocycles. The number of anilines is 3. The van der Waals surface area contributed by atoms with Gasteiger partial charge in [-0.1, -0.05) is 0 Å². The largest absolute Gasteiger partial charge is 0.397 e. The maximum absolute atomic E-state index is 5.91. The Hall–Kier alpha value is -2.56. The number of hydrogen-bond acceptors (Lipinski definition) is 4. The molecule has 0 atom stereocenters. The fourth-order valence-corrected chi connectivity index (χ4v) is 1.92. The lowest BCUT2D eigenvalue weighted by atomic mass is 10.1. The number of benzene rings is 1. The van der Waals surface area contributed by atoms with Gasteiger partial charge in [0.25, 0.3) is 0 Å². The van der Waals surface area contributed by atoms with E-state index in [-0.39, 0.29) is 0 Å². The maximum Gasteiger partial charge on any atom is 0.152 e. The molecule has 3 rings (SSSR count). The fourth-order valence-electron chi connectivity index (χ4n) is 1.92. The molecule has 0 saturated carbocycles. The Morgan fingerprint density at radius 2 is 2.11 bits per heavy atom. The second kappa shape index (κ2) is 4.03. The number of nitrogen functional groups attached to an aromatic ring is 1. The van der Waals surface area contributed by atoms with Crippen molar-refractivity contribution in [3.05, 3.63) is 42.7 Å². The summed E-state index contributed by atoms with van der Waals surface area (Å²) in [5.74, 6) is 0.799. The SMILES string of the molecule is Cn1ccc(Nc2ccc(N)c3ncccc23)n1. The van der Waals surface area contributed by atoms with Crippen molar-refractivity contribution in [2.45, 2.75) is 0 Å². The standard InChI is InChI=1S/C13H13N5/c1-18-8-6-12(17-18)16-11-5-4-10(14)13-9(11)3-2-7-15-13/h2-8H,14H2,1H3,(H,16,17). The van der Waals surface area contributed by atoms with Crippen LogP contribution < -0.4 is 11.1 Å². The monoisotopic (exact) mass is 239 g/mol. The number of nitrogens with zero attached hydrogens (tertiary/aromatic N) is 3. The van der Waals surface area contributed by atoms with Gasteiger partial charge in [0.15, 0.2) is 5.82 Å². The molecule has 0 unspecified atom stereocenters. The maximum atomic E-state index is 5.91. The third-order valence-electron chi connectivity index (χ3n) is 2.78. The van der Waals surface area contributed by atoms with Crippen molar-refractivity contribution in [2.75, 3.05) is 11.1 Å². The summed E-state index contributed by atoms with van der Waals surface area (Å²) >= 11 is 0. The molecule has 0 aliphatic carbocycles. The van der Waals surface area contributed by atoms with Gasteiger partial charge in [-0.15, -0.1) is 0 Å². The Morgan fingerprint density at radius 1 is 1.22 bits per heavy atom. The summed E-state index contributed by atoms with van der Waals surface area (Å²) in [4.78, 5) is 4.30. The molecule has 1 aromatic carbocycles. The number of fused-ring (bicyclic) bond motifs is 1. The first-order valence-electron chi connectivity index (χ1n) is 5.64. The van der Waals surface area contributed by atoms with Gasteiger partial charge in [0, 0.05) is 36.6 Å². The van der Waals surface area contributed by atoms with E-state index in [9.17, 15) is 0 Å². The van der Waals surface area contributed by atoms with Gasteiger partial charge < -0.3 is 11.1 Å². The van der Waals surface area contributed by atoms with E-state index < -0.39 is 0 Å². The fraction of sp³-hybridized carbons (Fsp3) is 0.0769. The molecule has 0 radical (unpaired) electrons. The summed E-state index contributed by atoms with van der Waals surface area (Å²) in [7, 11) is 1.88. The predicted octanol–water partition coefficient (Wildman–Crippen LogP) is 2.29. The van der Waals surface area contributed by atoms with Crippen molar-refractivity contribution in [3.8, 4) is 0 Å². The molecule has 0 aliphatic heterocycles. The van der Waals surface area contributed by atoms with Crippen LogP contribution in [0.4, 0.5) is 17.2 Å². The molecule has 0 spiro atoms. The predicted molar refractivity (Wildman–Crippen MR) is 72.6 cm³/mol. The Kier molecular flexibility index (Phi) is 2.37. The minimum absolute atomic E-state index is 0.678. The highest BCUT2D eigenvalue weighted by atomic mass is 15.3. The van der Waals surface area contributed by atoms with E-state index in [1.807, 2.05) is 43.6 Å². The topological polar surface area (TPSA) is 68.8 Å². The Labute approximate surface area is 104 Å². The summed E-state index contributed by atoms with van der Waals surface area (Å²) in [6.07, 6.45) is 3.63. The molecule has 2 aromatic heterocycles. The second-order valence-corrected chi connectivity index (χ2v) is 4.10. The van der Waals surface area contributed by atoms with Crippen LogP contribution in [0.3, 0.4) is 0 Å². The molecule has 0 amide bonds. The van der Waals surface area contributed by atoms with Crippen LogP contribution in [0.15, 0.2) is 42.7 Å². The van der Waals surface area contributed by atoms with Gasteiger partial charge in [0.2, 0.25) is 0 Å². The molecule has 0 fully saturated rings. The number of aromatic nitrogens is 3. The molecule has 2 heterocycles. The third-order valence-corrected chi connectivity index (χ3v) is 2.78. The van der Waals surface area contributed by atoms with Crippen LogP contribution in [0.25, 0.3) is 10.9 Å². The number of nitrogens with one attached hydrogen (secondary N) is 1. The normalized spacial score (nSPS) is 10.7. The van der Waals surface area contributed by atoms with Crippen molar-refractivity contribution in [1.29, 1.82) is 0 Å². The molecule has 0 aliphatic rings. The van der Waals surface area contributed by atoms with Crippen LogP contribution in [0, 0.1) is 0 Å². The third kappa shape index (κ3) is 1.75. The highest BCUT2D eigenvalue weighted by Crippen LogP contribution is 2.28. The molecule has 5 nitrogen and oxygen atoms in total. The van der Waals surface area contributed by atoms with Crippen LogP contribution >= 0.6 is 0 Å². The summed E-state index contributed by atoms with van der Waals surface area (Å²) in [5.41, 5.74) is 8.34. The van der Waals surface area contributed by atoms with Gasteiger partial charge in [0.05, 0.1) is 11.2 Å². The molecule has 3 aromatic rings. The van der Waals surface area contributed by atoms with Crippen molar-refractivity contribution >= 4 is 28.1 Å². The average Bonchev–Trinajstić information content (AvgIpc) is 2.79. The van der Waals surface area contributed by atoms with Gasteiger partial charge in [0.1, 0.15) is 0 Å². The Bertz CT molecular complexity index is 701. The number of rotatable bonds is 2. The average molecular weight is 239 g/mol. The van der Waals surface area contributed by atoms with E-state index in [4.69, 9.17) is 5.73 Å². The van der Waals surface area contributed by atoms with Crippen LogP contribution in [0.2, 0.25) is 0 Å². The van der Waals surface area contributed by atoms with E-state index in [2.05, 4.69) is 15.4 Å². The zero-order valence-electron chi connectivity index (χ0n) is 9.96. The zero-order chi connectivity index (χ0) is 12.5. The number of hydrogen-bond donors (Lipinski definition) is 2. The van der Waals surface area contributed by atoms with Gasteiger partial charge in [-0.25, -0.2) is 0 Å². The summed E-state index contributed by atoms with van der Waals surface area (Å²) in [5, 5.41) is 8.55. The first-order valence-corrected chi connectivity index (χ1v) is 5.64. The summed E-state index contributed by atoms with van der Waals surface area (Å²) < 4.78 is 1.75. The van der Waals surface area contributed by atoms with E-state index in [1.54, 1.807) is 10.9 Å². The highest BCUT2D eigenvalue weighted by Gasteiger charge is 2.05. The van der Waals surface area contributed by atoms with Gasteiger partial charge in [-0.2, -0.15) is 5.10 Å². The Balaban J connectivity index is 2.09. The van der Waals surface area contributed by atoms with Crippen LogP contribution in [0.1, 0.15) is 0 Å². The lowest BCUT2D eigenvalue weighted by Gasteiger charge is -2.08. The molecule has 3 N–H and O–H groups in total. The van der Waals surface area contributed by atoms with Crippen molar-refractivity contribution < 1.29 is 0 Å². The van der Waals surface area contributed by atoms with Crippen LogP contribution in [-0.4, -0.2) is 14.8 Å². The highest BCUT2D eigenvalue weighted by molar-refractivity contribution is 5.99.